The summed E-state index contributed by atoms with van der Waals surface area (Å²) >= 11 is 0. The molecule has 15 heavy (non-hydrogen) atoms. The Bertz CT molecular complexity index is 221. The van der Waals surface area contributed by atoms with Gasteiger partial charge in [0.1, 0.15) is 5.72 Å². The average molecular weight is 212 g/mol. The number of hydrogen-bond donors (Lipinski definition) is 2. The van der Waals surface area contributed by atoms with Gasteiger partial charge in [0.05, 0.1) is 25.4 Å². The van der Waals surface area contributed by atoms with E-state index in [2.05, 4.69) is 10.6 Å². The SMILES string of the molecule is C1CCC2(C1)NCC1(COCCN1)CO2. The molecule has 4 heteroatoms. The molecule has 3 aliphatic rings. The predicted molar refractivity (Wildman–Crippen MR) is 56.7 cm³/mol. The number of nitrogens with one attached hydrogen (secondary N) is 2. The second kappa shape index (κ2) is 3.70. The summed E-state index contributed by atoms with van der Waals surface area (Å²) in [7, 11) is 0. The van der Waals surface area contributed by atoms with Crippen LogP contribution in [0.2, 0.25) is 0 Å². The lowest BCUT2D eigenvalue weighted by atomic mass is 9.96. The summed E-state index contributed by atoms with van der Waals surface area (Å²) in [5.74, 6) is 0. The largest absolute Gasteiger partial charge is 0.378 e. The average Bonchev–Trinajstić information content (AvgIpc) is 2.74. The van der Waals surface area contributed by atoms with Gasteiger partial charge in [-0.05, 0) is 25.7 Å². The first kappa shape index (κ1) is 10.0. The van der Waals surface area contributed by atoms with E-state index >= 15 is 0 Å². The third-order valence-electron chi connectivity index (χ3n) is 3.91. The molecule has 1 aliphatic carbocycles. The second-order valence-electron chi connectivity index (χ2n) is 5.10. The van der Waals surface area contributed by atoms with Gasteiger partial charge in [-0.2, -0.15) is 0 Å². The van der Waals surface area contributed by atoms with Crippen molar-refractivity contribution in [3.8, 4) is 0 Å². The van der Waals surface area contributed by atoms with Crippen molar-refractivity contribution in [3.05, 3.63) is 0 Å². The van der Waals surface area contributed by atoms with Gasteiger partial charge in [-0.15, -0.1) is 0 Å². The van der Waals surface area contributed by atoms with Gasteiger partial charge in [0.25, 0.3) is 0 Å². The Kier molecular flexibility index (Phi) is 2.47. The molecule has 2 aliphatic heterocycles. The lowest BCUT2D eigenvalue weighted by molar-refractivity contribution is -0.147. The Hall–Kier alpha value is -0.160. The minimum absolute atomic E-state index is 0.00434. The Balaban J connectivity index is 1.63. The van der Waals surface area contributed by atoms with Gasteiger partial charge >= 0.3 is 0 Å². The third kappa shape index (κ3) is 1.80. The Morgan fingerprint density at radius 2 is 1.87 bits per heavy atom. The zero-order chi connectivity index (χ0) is 10.2. The van der Waals surface area contributed by atoms with Gasteiger partial charge in [0.2, 0.25) is 0 Å². The molecule has 0 aromatic heterocycles. The molecule has 0 radical (unpaired) electrons. The number of hydrogen-bond acceptors (Lipinski definition) is 4. The van der Waals surface area contributed by atoms with Crippen LogP contribution < -0.4 is 10.6 Å². The molecule has 0 aromatic carbocycles. The zero-order valence-corrected chi connectivity index (χ0v) is 9.18. The van der Waals surface area contributed by atoms with Crippen LogP contribution in [-0.4, -0.2) is 44.2 Å². The summed E-state index contributed by atoms with van der Waals surface area (Å²) in [4.78, 5) is 0. The number of ether oxygens (including phenoxy) is 2. The maximum Gasteiger partial charge on any atom is 0.119 e. The summed E-state index contributed by atoms with van der Waals surface area (Å²) in [6, 6.07) is 0. The van der Waals surface area contributed by atoms with Crippen LogP contribution in [0.5, 0.6) is 0 Å². The fourth-order valence-electron chi connectivity index (χ4n) is 2.89. The van der Waals surface area contributed by atoms with Gasteiger partial charge in [-0.3, -0.25) is 5.32 Å². The molecule has 0 aromatic rings. The fourth-order valence-corrected chi connectivity index (χ4v) is 2.89. The van der Waals surface area contributed by atoms with E-state index in [1.54, 1.807) is 0 Å². The minimum atomic E-state index is 0.00434. The van der Waals surface area contributed by atoms with Crippen molar-refractivity contribution in [2.45, 2.75) is 36.9 Å². The molecule has 3 fully saturated rings. The van der Waals surface area contributed by atoms with Crippen molar-refractivity contribution >= 4 is 0 Å². The summed E-state index contributed by atoms with van der Waals surface area (Å²) < 4.78 is 11.6. The lowest BCUT2D eigenvalue weighted by Crippen LogP contribution is -2.70. The third-order valence-corrected chi connectivity index (χ3v) is 3.91. The molecule has 1 unspecified atom stereocenters. The quantitative estimate of drug-likeness (QED) is 0.603. The van der Waals surface area contributed by atoms with Crippen molar-refractivity contribution in [1.29, 1.82) is 0 Å². The van der Waals surface area contributed by atoms with Crippen LogP contribution in [-0.2, 0) is 9.47 Å². The highest BCUT2D eigenvalue weighted by atomic mass is 16.5. The molecule has 86 valence electrons. The van der Waals surface area contributed by atoms with Crippen molar-refractivity contribution in [1.82, 2.24) is 10.6 Å². The minimum Gasteiger partial charge on any atom is -0.378 e. The first-order valence-corrected chi connectivity index (χ1v) is 6.05. The molecule has 2 saturated heterocycles. The van der Waals surface area contributed by atoms with Gasteiger partial charge in [-0.1, -0.05) is 0 Å². The topological polar surface area (TPSA) is 42.5 Å². The summed E-state index contributed by atoms with van der Waals surface area (Å²) in [6.07, 6.45) is 4.93. The lowest BCUT2D eigenvalue weighted by Gasteiger charge is -2.47. The second-order valence-corrected chi connectivity index (χ2v) is 5.10. The number of morpholine rings is 1. The highest BCUT2D eigenvalue weighted by Gasteiger charge is 2.45. The predicted octanol–water partition coefficient (Wildman–Crippen LogP) is 0.235. The van der Waals surface area contributed by atoms with Gasteiger partial charge in [-0.25, -0.2) is 0 Å². The Morgan fingerprint density at radius 3 is 2.47 bits per heavy atom. The Labute approximate surface area is 90.7 Å². The van der Waals surface area contributed by atoms with Crippen LogP contribution in [0, 0.1) is 0 Å². The smallest absolute Gasteiger partial charge is 0.119 e. The van der Waals surface area contributed by atoms with E-state index in [9.17, 15) is 0 Å². The fraction of sp³-hybridized carbons (Fsp3) is 1.00. The van der Waals surface area contributed by atoms with Crippen LogP contribution >= 0.6 is 0 Å². The normalized spacial score (nSPS) is 40.0. The first-order chi connectivity index (χ1) is 7.33. The van der Waals surface area contributed by atoms with Crippen molar-refractivity contribution in [3.63, 3.8) is 0 Å². The van der Waals surface area contributed by atoms with Gasteiger partial charge in [0, 0.05) is 13.1 Å². The van der Waals surface area contributed by atoms with E-state index in [-0.39, 0.29) is 11.3 Å². The highest BCUT2D eigenvalue weighted by molar-refractivity contribution is 5.00. The Morgan fingerprint density at radius 1 is 1.00 bits per heavy atom. The summed E-state index contributed by atoms with van der Waals surface area (Å²) in [6.45, 7) is 4.31. The summed E-state index contributed by atoms with van der Waals surface area (Å²) in [5.41, 5.74) is 0.0382. The molecule has 0 amide bonds. The van der Waals surface area contributed by atoms with Crippen molar-refractivity contribution < 1.29 is 9.47 Å². The monoisotopic (exact) mass is 212 g/mol. The number of rotatable bonds is 0. The van der Waals surface area contributed by atoms with Crippen LogP contribution in [0.1, 0.15) is 25.7 Å². The molecular weight excluding hydrogens is 192 g/mol. The van der Waals surface area contributed by atoms with Gasteiger partial charge in [0.15, 0.2) is 0 Å². The van der Waals surface area contributed by atoms with Crippen molar-refractivity contribution in [2.75, 3.05) is 32.9 Å². The molecule has 4 nitrogen and oxygen atoms in total. The van der Waals surface area contributed by atoms with E-state index in [1.165, 1.54) is 25.7 Å². The highest BCUT2D eigenvalue weighted by Crippen LogP contribution is 2.34. The van der Waals surface area contributed by atoms with E-state index in [4.69, 9.17) is 9.47 Å². The molecule has 2 N–H and O–H groups in total. The molecule has 2 spiro atoms. The van der Waals surface area contributed by atoms with E-state index in [1.807, 2.05) is 0 Å². The van der Waals surface area contributed by atoms with Gasteiger partial charge < -0.3 is 14.8 Å². The molecule has 0 bridgehead atoms. The zero-order valence-electron chi connectivity index (χ0n) is 9.18. The van der Waals surface area contributed by atoms with Crippen molar-refractivity contribution in [2.24, 2.45) is 0 Å². The van der Waals surface area contributed by atoms with Crippen LogP contribution in [0.25, 0.3) is 0 Å². The summed E-state index contributed by atoms with van der Waals surface area (Å²) in [5, 5.41) is 7.12. The molecule has 1 atom stereocenters. The molecular formula is C11H20N2O2. The van der Waals surface area contributed by atoms with Crippen LogP contribution in [0.15, 0.2) is 0 Å². The molecule has 2 heterocycles. The first-order valence-electron chi connectivity index (χ1n) is 6.05. The van der Waals surface area contributed by atoms with E-state index < -0.39 is 0 Å². The van der Waals surface area contributed by atoms with Crippen LogP contribution in [0.4, 0.5) is 0 Å². The maximum atomic E-state index is 6.07. The molecule has 1 saturated carbocycles. The van der Waals surface area contributed by atoms with E-state index in [0.717, 1.165) is 32.9 Å². The maximum absolute atomic E-state index is 6.07. The standard InChI is InChI=1S/C11H20N2O2/c1-2-4-11(3-1)13-7-10(9-15-11)8-14-6-5-12-10/h12-13H,1-9H2. The van der Waals surface area contributed by atoms with Crippen LogP contribution in [0.3, 0.4) is 0 Å². The van der Waals surface area contributed by atoms with E-state index in [0.29, 0.717) is 0 Å². The molecule has 3 rings (SSSR count).